The van der Waals surface area contributed by atoms with E-state index in [1.807, 2.05) is 0 Å². The predicted molar refractivity (Wildman–Crippen MR) is 103 cm³/mol. The number of fused-ring (bicyclic) bond motifs is 1. The number of carbonyl (C=O) groups excluding carboxylic acids is 2. The maximum Gasteiger partial charge on any atom is 0.321 e. The van der Waals surface area contributed by atoms with Crippen LogP contribution in [-0.2, 0) is 4.74 Å². The minimum Gasteiger partial charge on any atom is -0.389 e. The Kier molecular flexibility index (Phi) is 6.34. The second kappa shape index (κ2) is 8.71. The van der Waals surface area contributed by atoms with Gasteiger partial charge in [-0.1, -0.05) is 12.8 Å². The Morgan fingerprint density at radius 3 is 2.78 bits per heavy atom. The number of nitrogens with one attached hydrogen (secondary N) is 2. The van der Waals surface area contributed by atoms with Crippen LogP contribution in [-0.4, -0.2) is 60.9 Å². The molecule has 1 heterocycles. The lowest BCUT2D eigenvalue weighted by Gasteiger charge is -2.47. The number of methoxy groups -OCH3 is 1. The molecule has 3 amide bonds. The fourth-order valence-corrected chi connectivity index (χ4v) is 4.03. The molecule has 0 aromatic heterocycles. The van der Waals surface area contributed by atoms with Gasteiger partial charge in [-0.05, 0) is 43.5 Å². The highest BCUT2D eigenvalue weighted by atomic mass is 16.5. The molecule has 0 spiro atoms. The lowest BCUT2D eigenvalue weighted by Crippen LogP contribution is -2.55. The van der Waals surface area contributed by atoms with E-state index in [1.54, 1.807) is 36.3 Å². The summed E-state index contributed by atoms with van der Waals surface area (Å²) < 4.78 is 4.91. The van der Waals surface area contributed by atoms with E-state index in [4.69, 9.17) is 4.74 Å². The summed E-state index contributed by atoms with van der Waals surface area (Å²) in [6.07, 6.45) is 4.67. The second-order valence-electron chi connectivity index (χ2n) is 7.50. The van der Waals surface area contributed by atoms with Gasteiger partial charge in [0.15, 0.2) is 0 Å². The molecule has 7 nitrogen and oxygen atoms in total. The number of hydrogen-bond acceptors (Lipinski definition) is 4. The average molecular weight is 375 g/mol. The standard InChI is InChI=1S/C20H29N3O4/c1-27-13-11-21-18(24)15-5-7-17(8-6-15)22-19(25)23-12-10-20(26)9-3-2-4-16(20)14-23/h5-8,16,26H,2-4,9-14H2,1H3,(H,21,24)(H,22,25)/t16-,20-/m0/s1. The van der Waals surface area contributed by atoms with Gasteiger partial charge in [0.1, 0.15) is 0 Å². The van der Waals surface area contributed by atoms with E-state index in [2.05, 4.69) is 10.6 Å². The second-order valence-corrected chi connectivity index (χ2v) is 7.50. The van der Waals surface area contributed by atoms with E-state index in [9.17, 15) is 14.7 Å². The summed E-state index contributed by atoms with van der Waals surface area (Å²) in [7, 11) is 1.58. The summed E-state index contributed by atoms with van der Waals surface area (Å²) in [5.74, 6) is 0.00135. The van der Waals surface area contributed by atoms with Crippen molar-refractivity contribution in [1.82, 2.24) is 10.2 Å². The van der Waals surface area contributed by atoms with Gasteiger partial charge in [0, 0.05) is 43.9 Å². The highest BCUT2D eigenvalue weighted by Gasteiger charge is 2.43. The van der Waals surface area contributed by atoms with Crippen LogP contribution in [0.4, 0.5) is 10.5 Å². The molecule has 1 aliphatic heterocycles. The molecule has 2 atom stereocenters. The van der Waals surface area contributed by atoms with Crippen molar-refractivity contribution in [1.29, 1.82) is 0 Å². The number of aliphatic hydroxyl groups is 1. The van der Waals surface area contributed by atoms with E-state index in [0.29, 0.717) is 43.9 Å². The van der Waals surface area contributed by atoms with Crippen molar-refractivity contribution >= 4 is 17.6 Å². The molecule has 2 aliphatic rings. The predicted octanol–water partition coefficient (Wildman–Crippen LogP) is 2.22. The summed E-state index contributed by atoms with van der Waals surface area (Å²) in [5.41, 5.74) is 0.597. The third kappa shape index (κ3) is 4.78. The summed E-state index contributed by atoms with van der Waals surface area (Å²) in [6.45, 7) is 2.09. The first-order valence-corrected chi connectivity index (χ1v) is 9.67. The number of piperidine rings is 1. The van der Waals surface area contributed by atoms with Crippen molar-refractivity contribution < 1.29 is 19.4 Å². The van der Waals surface area contributed by atoms with Crippen molar-refractivity contribution in [3.8, 4) is 0 Å². The maximum absolute atomic E-state index is 12.6. The first-order valence-electron chi connectivity index (χ1n) is 9.67. The molecule has 2 fully saturated rings. The molecular weight excluding hydrogens is 346 g/mol. The highest BCUT2D eigenvalue weighted by molar-refractivity contribution is 5.95. The molecular formula is C20H29N3O4. The van der Waals surface area contributed by atoms with Crippen LogP contribution in [0.25, 0.3) is 0 Å². The maximum atomic E-state index is 12.6. The van der Waals surface area contributed by atoms with Gasteiger partial charge in [-0.15, -0.1) is 0 Å². The summed E-state index contributed by atoms with van der Waals surface area (Å²) in [4.78, 5) is 26.3. The van der Waals surface area contributed by atoms with E-state index in [1.165, 1.54) is 0 Å². The zero-order valence-corrected chi connectivity index (χ0v) is 15.9. The zero-order valence-electron chi connectivity index (χ0n) is 15.9. The van der Waals surface area contributed by atoms with Gasteiger partial charge in [-0.2, -0.15) is 0 Å². The van der Waals surface area contributed by atoms with Crippen LogP contribution < -0.4 is 10.6 Å². The lowest BCUT2D eigenvalue weighted by molar-refractivity contribution is -0.0863. The number of amides is 3. The minimum absolute atomic E-state index is 0.153. The zero-order chi connectivity index (χ0) is 19.3. The van der Waals surface area contributed by atoms with Gasteiger partial charge >= 0.3 is 6.03 Å². The largest absolute Gasteiger partial charge is 0.389 e. The van der Waals surface area contributed by atoms with Crippen LogP contribution in [0.1, 0.15) is 42.5 Å². The molecule has 148 valence electrons. The van der Waals surface area contributed by atoms with Crippen molar-refractivity contribution in [2.45, 2.75) is 37.7 Å². The van der Waals surface area contributed by atoms with Crippen LogP contribution in [0.15, 0.2) is 24.3 Å². The Bertz CT molecular complexity index is 664. The molecule has 1 saturated heterocycles. The van der Waals surface area contributed by atoms with Crippen LogP contribution in [0.5, 0.6) is 0 Å². The quantitative estimate of drug-likeness (QED) is 0.688. The number of nitrogens with zero attached hydrogens (tertiary/aromatic N) is 1. The third-order valence-corrected chi connectivity index (χ3v) is 5.70. The Labute approximate surface area is 160 Å². The smallest absolute Gasteiger partial charge is 0.321 e. The van der Waals surface area contributed by atoms with Crippen LogP contribution in [0.2, 0.25) is 0 Å². The normalized spacial score (nSPS) is 24.8. The van der Waals surface area contributed by atoms with Crippen molar-refractivity contribution in [2.75, 3.05) is 38.7 Å². The first-order chi connectivity index (χ1) is 13.0. The number of anilines is 1. The van der Waals surface area contributed by atoms with Crippen molar-refractivity contribution in [3.63, 3.8) is 0 Å². The van der Waals surface area contributed by atoms with Gasteiger partial charge in [0.05, 0.1) is 12.2 Å². The number of carbonyl (C=O) groups is 2. The Morgan fingerprint density at radius 1 is 1.26 bits per heavy atom. The number of benzene rings is 1. The summed E-state index contributed by atoms with van der Waals surface area (Å²) in [6, 6.07) is 6.68. The molecule has 27 heavy (non-hydrogen) atoms. The minimum atomic E-state index is -0.590. The highest BCUT2D eigenvalue weighted by Crippen LogP contribution is 2.39. The van der Waals surface area contributed by atoms with Crippen LogP contribution in [0.3, 0.4) is 0 Å². The number of ether oxygens (including phenoxy) is 1. The van der Waals surface area contributed by atoms with Crippen LogP contribution >= 0.6 is 0 Å². The Morgan fingerprint density at radius 2 is 2.04 bits per heavy atom. The SMILES string of the molecule is COCCNC(=O)c1ccc(NC(=O)N2CC[C@@]3(O)CCCC[C@H]3C2)cc1. The van der Waals surface area contributed by atoms with Gasteiger partial charge in [0.2, 0.25) is 0 Å². The molecule has 1 aromatic rings. The number of rotatable bonds is 5. The van der Waals surface area contributed by atoms with E-state index in [0.717, 1.165) is 25.7 Å². The van der Waals surface area contributed by atoms with Gasteiger partial charge in [-0.3, -0.25) is 4.79 Å². The molecule has 0 unspecified atom stereocenters. The number of urea groups is 1. The van der Waals surface area contributed by atoms with E-state index in [-0.39, 0.29) is 17.9 Å². The van der Waals surface area contributed by atoms with Gasteiger partial charge in [0.25, 0.3) is 5.91 Å². The lowest BCUT2D eigenvalue weighted by atomic mass is 9.71. The Hall–Kier alpha value is -2.12. The topological polar surface area (TPSA) is 90.9 Å². The van der Waals surface area contributed by atoms with Crippen molar-refractivity contribution in [3.05, 3.63) is 29.8 Å². The third-order valence-electron chi connectivity index (χ3n) is 5.70. The molecule has 0 radical (unpaired) electrons. The molecule has 1 aromatic carbocycles. The first kappa shape index (κ1) is 19.6. The average Bonchev–Trinajstić information content (AvgIpc) is 2.68. The summed E-state index contributed by atoms with van der Waals surface area (Å²) in [5, 5.41) is 16.4. The van der Waals surface area contributed by atoms with Crippen molar-refractivity contribution in [2.24, 2.45) is 5.92 Å². The Balaban J connectivity index is 1.53. The van der Waals surface area contributed by atoms with E-state index >= 15 is 0 Å². The summed E-state index contributed by atoms with van der Waals surface area (Å²) >= 11 is 0. The molecule has 0 bridgehead atoms. The van der Waals surface area contributed by atoms with Crippen LogP contribution in [0, 0.1) is 5.92 Å². The monoisotopic (exact) mass is 375 g/mol. The molecule has 1 saturated carbocycles. The van der Waals surface area contributed by atoms with E-state index < -0.39 is 5.60 Å². The molecule has 1 aliphatic carbocycles. The number of hydrogen-bond donors (Lipinski definition) is 3. The fourth-order valence-electron chi connectivity index (χ4n) is 4.03. The fraction of sp³-hybridized carbons (Fsp3) is 0.600. The molecule has 3 rings (SSSR count). The number of likely N-dealkylation sites (tertiary alicyclic amines) is 1. The molecule has 3 N–H and O–H groups in total. The van der Waals surface area contributed by atoms with Gasteiger partial charge < -0.3 is 25.4 Å². The van der Waals surface area contributed by atoms with Gasteiger partial charge in [-0.25, -0.2) is 4.79 Å². The molecule has 7 heteroatoms.